The zero-order chi connectivity index (χ0) is 30.6. The van der Waals surface area contributed by atoms with Crippen molar-refractivity contribution in [1.82, 2.24) is 9.80 Å². The van der Waals surface area contributed by atoms with Gasteiger partial charge in [-0.1, -0.05) is 38.3 Å². The van der Waals surface area contributed by atoms with E-state index < -0.39 is 11.0 Å². The normalized spacial score (nSPS) is 19.9. The number of nitrogens with zero attached hydrogens (tertiary/aromatic N) is 2. The molecule has 1 unspecified atom stereocenters. The van der Waals surface area contributed by atoms with E-state index in [4.69, 9.17) is 20.6 Å². The number of halogens is 1. The van der Waals surface area contributed by atoms with Crippen molar-refractivity contribution in [3.63, 3.8) is 0 Å². The zero-order valence-electron chi connectivity index (χ0n) is 26.1. The van der Waals surface area contributed by atoms with Crippen LogP contribution in [-0.4, -0.2) is 73.9 Å². The molecule has 3 aliphatic rings. The number of hydrogen-bond donors (Lipinski definition) is 0. The van der Waals surface area contributed by atoms with Gasteiger partial charge in [0.1, 0.15) is 22.9 Å². The highest BCUT2D eigenvalue weighted by Crippen LogP contribution is 2.51. The lowest BCUT2D eigenvalue weighted by Gasteiger charge is -2.43. The maximum atomic E-state index is 13.9. The number of hydrogen-bond acceptors (Lipinski definition) is 6. The number of ether oxygens (including phenoxy) is 3. The van der Waals surface area contributed by atoms with Gasteiger partial charge < -0.3 is 14.2 Å². The molecular formula is C36H45FN2O4. The maximum absolute atomic E-state index is 13.9. The molecule has 0 amide bonds. The van der Waals surface area contributed by atoms with Crippen LogP contribution >= 0.6 is 0 Å². The predicted molar refractivity (Wildman–Crippen MR) is 168 cm³/mol. The van der Waals surface area contributed by atoms with Gasteiger partial charge in [-0.15, -0.1) is 6.42 Å². The van der Waals surface area contributed by atoms with Crippen LogP contribution < -0.4 is 9.47 Å². The third kappa shape index (κ3) is 6.82. The molecule has 3 aliphatic heterocycles. The standard InChI is InChI=1S/C36H45FN2O4/c1-6-15-36(5,26-10-12-28(37)13-11-26)27-23-31(42-33(40)9-8-17-38-19-21-41-22-20-38)34-29-25-39(16-7-2)18-14-30(29)35(3,4)43-32(34)24-27/h2,10-13,23-24H,6,8-9,14-22,25H2,1,3-5H3. The molecule has 0 N–H and O–H groups in total. The first-order valence-electron chi connectivity index (χ1n) is 15.7. The van der Waals surface area contributed by atoms with Crippen molar-refractivity contribution in [2.24, 2.45) is 0 Å². The Morgan fingerprint density at radius 2 is 1.86 bits per heavy atom. The Morgan fingerprint density at radius 1 is 1.12 bits per heavy atom. The van der Waals surface area contributed by atoms with E-state index in [2.05, 4.69) is 49.5 Å². The van der Waals surface area contributed by atoms with Gasteiger partial charge >= 0.3 is 5.97 Å². The lowest BCUT2D eigenvalue weighted by Crippen LogP contribution is -2.42. The third-order valence-electron chi connectivity index (χ3n) is 9.25. The van der Waals surface area contributed by atoms with E-state index in [1.807, 2.05) is 18.2 Å². The van der Waals surface area contributed by atoms with Crippen LogP contribution in [-0.2, 0) is 14.9 Å². The summed E-state index contributed by atoms with van der Waals surface area (Å²) in [7, 11) is 0. The summed E-state index contributed by atoms with van der Waals surface area (Å²) in [5.74, 6) is 3.51. The van der Waals surface area contributed by atoms with Gasteiger partial charge in [-0.05, 0) is 86.2 Å². The quantitative estimate of drug-likeness (QED) is 0.187. The summed E-state index contributed by atoms with van der Waals surface area (Å²) in [4.78, 5) is 18.0. The van der Waals surface area contributed by atoms with Crippen molar-refractivity contribution >= 4 is 11.5 Å². The van der Waals surface area contributed by atoms with E-state index in [-0.39, 0.29) is 11.8 Å². The molecule has 1 atom stereocenters. The van der Waals surface area contributed by atoms with E-state index >= 15 is 0 Å². The van der Waals surface area contributed by atoms with Crippen molar-refractivity contribution in [3.05, 3.63) is 64.5 Å². The van der Waals surface area contributed by atoms with Gasteiger partial charge in [0.05, 0.1) is 25.3 Å². The zero-order valence-corrected chi connectivity index (χ0v) is 26.1. The largest absolute Gasteiger partial charge is 0.483 e. The number of rotatable bonds is 10. The lowest BCUT2D eigenvalue weighted by molar-refractivity contribution is -0.134. The molecule has 230 valence electrons. The third-order valence-corrected chi connectivity index (χ3v) is 9.25. The van der Waals surface area contributed by atoms with Crippen molar-refractivity contribution in [1.29, 1.82) is 0 Å². The molecule has 0 aromatic heterocycles. The number of carbonyl (C=O) groups excluding carboxylic acids is 1. The molecule has 0 aliphatic carbocycles. The highest BCUT2D eigenvalue weighted by molar-refractivity contribution is 5.85. The summed E-state index contributed by atoms with van der Waals surface area (Å²) in [6.45, 7) is 14.7. The molecule has 0 saturated carbocycles. The van der Waals surface area contributed by atoms with Gasteiger partial charge in [0.15, 0.2) is 0 Å². The topological polar surface area (TPSA) is 51.2 Å². The van der Waals surface area contributed by atoms with Crippen LogP contribution in [0.2, 0.25) is 0 Å². The highest BCUT2D eigenvalue weighted by Gasteiger charge is 2.41. The van der Waals surface area contributed by atoms with Gasteiger partial charge in [0.2, 0.25) is 0 Å². The SMILES string of the molecule is C#CCN1CCC2=C(C1)c1c(OC(=O)CCCN3CCOCC3)cc(C(C)(CCC)c3ccc(F)cc3)cc1OC2(C)C. The fourth-order valence-corrected chi connectivity index (χ4v) is 6.90. The summed E-state index contributed by atoms with van der Waals surface area (Å²) in [6.07, 6.45) is 9.32. The smallest absolute Gasteiger partial charge is 0.311 e. The summed E-state index contributed by atoms with van der Waals surface area (Å²) in [5.41, 5.74) is 4.23. The first-order chi connectivity index (χ1) is 20.6. The summed E-state index contributed by atoms with van der Waals surface area (Å²) in [6, 6.07) is 10.9. The first kappa shape index (κ1) is 31.3. The van der Waals surface area contributed by atoms with Crippen molar-refractivity contribution < 1.29 is 23.4 Å². The second kappa shape index (κ2) is 13.2. The average Bonchev–Trinajstić information content (AvgIpc) is 2.97. The molecular weight excluding hydrogens is 543 g/mol. The highest BCUT2D eigenvalue weighted by atomic mass is 19.1. The van der Waals surface area contributed by atoms with Gasteiger partial charge in [0, 0.05) is 38.0 Å². The molecule has 1 saturated heterocycles. The number of benzene rings is 2. The number of esters is 1. The van der Waals surface area contributed by atoms with Crippen LogP contribution in [0.1, 0.15) is 76.5 Å². The second-order valence-corrected chi connectivity index (χ2v) is 12.7. The molecule has 0 radical (unpaired) electrons. The van der Waals surface area contributed by atoms with Gasteiger partial charge in [-0.2, -0.15) is 0 Å². The molecule has 5 rings (SSSR count). The van der Waals surface area contributed by atoms with Crippen LogP contribution in [0.4, 0.5) is 4.39 Å². The predicted octanol–water partition coefficient (Wildman–Crippen LogP) is 6.21. The number of fused-ring (bicyclic) bond motifs is 2. The second-order valence-electron chi connectivity index (χ2n) is 12.7. The Kier molecular flexibility index (Phi) is 9.60. The number of terminal acetylenes is 1. The minimum atomic E-state index is -0.514. The van der Waals surface area contributed by atoms with Gasteiger partial charge in [0.25, 0.3) is 0 Å². The van der Waals surface area contributed by atoms with Crippen molar-refractivity contribution in [2.75, 3.05) is 52.5 Å². The van der Waals surface area contributed by atoms with E-state index in [1.165, 1.54) is 17.7 Å². The van der Waals surface area contributed by atoms with Crippen LogP contribution in [0.25, 0.3) is 5.57 Å². The lowest BCUT2D eigenvalue weighted by atomic mass is 9.72. The average molecular weight is 589 g/mol. The Hall–Kier alpha value is -3.18. The summed E-state index contributed by atoms with van der Waals surface area (Å²) in [5, 5.41) is 0. The number of carbonyl (C=O) groups is 1. The van der Waals surface area contributed by atoms with Gasteiger partial charge in [-0.25, -0.2) is 4.39 Å². The molecule has 2 aromatic carbocycles. The monoisotopic (exact) mass is 588 g/mol. The van der Waals surface area contributed by atoms with E-state index in [0.29, 0.717) is 31.0 Å². The number of morpholine rings is 1. The van der Waals surface area contributed by atoms with Crippen molar-refractivity contribution in [2.45, 2.75) is 70.8 Å². The van der Waals surface area contributed by atoms with E-state index in [1.54, 1.807) is 0 Å². The molecule has 2 aromatic rings. The van der Waals surface area contributed by atoms with E-state index in [9.17, 15) is 9.18 Å². The van der Waals surface area contributed by atoms with E-state index in [0.717, 1.165) is 87.3 Å². The van der Waals surface area contributed by atoms with Crippen LogP contribution in [0.5, 0.6) is 11.5 Å². The van der Waals surface area contributed by atoms with Crippen molar-refractivity contribution in [3.8, 4) is 23.8 Å². The molecule has 6 nitrogen and oxygen atoms in total. The summed E-state index contributed by atoms with van der Waals surface area (Å²) >= 11 is 0. The molecule has 43 heavy (non-hydrogen) atoms. The summed E-state index contributed by atoms with van der Waals surface area (Å²) < 4.78 is 32.4. The molecule has 0 bridgehead atoms. The van der Waals surface area contributed by atoms with Crippen LogP contribution in [0.15, 0.2) is 42.0 Å². The molecule has 0 spiro atoms. The maximum Gasteiger partial charge on any atom is 0.311 e. The minimum absolute atomic E-state index is 0.255. The van der Waals surface area contributed by atoms with Gasteiger partial charge in [-0.3, -0.25) is 14.6 Å². The Morgan fingerprint density at radius 3 is 2.56 bits per heavy atom. The van der Waals surface area contributed by atoms with Crippen LogP contribution in [0.3, 0.4) is 0 Å². The first-order valence-corrected chi connectivity index (χ1v) is 15.7. The fourth-order valence-electron chi connectivity index (χ4n) is 6.90. The molecule has 1 fully saturated rings. The fraction of sp³-hybridized carbons (Fsp3) is 0.528. The Balaban J connectivity index is 1.55. The minimum Gasteiger partial charge on any atom is -0.483 e. The molecule has 7 heteroatoms. The molecule has 3 heterocycles. The Labute approximate surface area is 256 Å². The van der Waals surface area contributed by atoms with Crippen LogP contribution in [0, 0.1) is 18.2 Å². The Bertz CT molecular complexity index is 1390.